The smallest absolute Gasteiger partial charge is 0.257 e. The van der Waals surface area contributed by atoms with E-state index in [9.17, 15) is 13.6 Å². The average Bonchev–Trinajstić information content (AvgIpc) is 3.41. The Balaban J connectivity index is 1.60. The van der Waals surface area contributed by atoms with Gasteiger partial charge in [0.2, 0.25) is 0 Å². The first-order valence-corrected chi connectivity index (χ1v) is 12.7. The molecule has 0 aliphatic carbocycles. The summed E-state index contributed by atoms with van der Waals surface area (Å²) in [6.45, 7) is 5.88. The Labute approximate surface area is 201 Å². The summed E-state index contributed by atoms with van der Waals surface area (Å²) in [7, 11) is 0. The van der Waals surface area contributed by atoms with Crippen LogP contribution in [0.25, 0.3) is 11.3 Å². The number of carbonyl (C=O) groups is 1. The Morgan fingerprint density at radius 2 is 1.79 bits per heavy atom. The standard InChI is InChI=1S/C25H28ClN3O3S/c1-18-22(25(30)27-20-10-8-19(9-11-20)17-33(31)32)16-29(15-14-28-12-4-5-13-28)24(18)21-6-2-3-7-23(21)26/h2-3,6-11,16H,4-5,12-15,17H2,1H3,(H,27,30)(H,31,32)/p-1. The van der Waals surface area contributed by atoms with Crippen molar-refractivity contribution in [3.8, 4) is 11.3 Å². The van der Waals surface area contributed by atoms with Crippen molar-refractivity contribution in [1.29, 1.82) is 0 Å². The van der Waals surface area contributed by atoms with Gasteiger partial charge in [-0.15, -0.1) is 0 Å². The Morgan fingerprint density at radius 3 is 2.45 bits per heavy atom. The van der Waals surface area contributed by atoms with Gasteiger partial charge < -0.3 is 19.3 Å². The number of benzene rings is 2. The summed E-state index contributed by atoms with van der Waals surface area (Å²) in [6, 6.07) is 14.5. The molecule has 0 radical (unpaired) electrons. The van der Waals surface area contributed by atoms with Gasteiger partial charge >= 0.3 is 0 Å². The van der Waals surface area contributed by atoms with E-state index >= 15 is 0 Å². The topological polar surface area (TPSA) is 77.4 Å². The molecule has 1 N–H and O–H groups in total. The van der Waals surface area contributed by atoms with Gasteiger partial charge in [0, 0.05) is 41.3 Å². The minimum Gasteiger partial charge on any atom is -0.772 e. The van der Waals surface area contributed by atoms with Crippen molar-refractivity contribution >= 4 is 34.3 Å². The van der Waals surface area contributed by atoms with E-state index in [-0.39, 0.29) is 11.7 Å². The Bertz CT molecular complexity index is 1150. The van der Waals surface area contributed by atoms with Crippen LogP contribution in [0.2, 0.25) is 5.02 Å². The molecule has 174 valence electrons. The average molecular weight is 485 g/mol. The molecular formula is C25H27ClN3O3S-. The first-order chi connectivity index (χ1) is 15.9. The maximum Gasteiger partial charge on any atom is 0.257 e. The van der Waals surface area contributed by atoms with Crippen LogP contribution < -0.4 is 5.32 Å². The molecule has 2 heterocycles. The fraction of sp³-hybridized carbons (Fsp3) is 0.320. The largest absolute Gasteiger partial charge is 0.772 e. The van der Waals surface area contributed by atoms with E-state index in [0.29, 0.717) is 21.8 Å². The van der Waals surface area contributed by atoms with Crippen molar-refractivity contribution in [3.63, 3.8) is 0 Å². The van der Waals surface area contributed by atoms with E-state index in [1.165, 1.54) is 12.8 Å². The number of likely N-dealkylation sites (tertiary alicyclic amines) is 1. The van der Waals surface area contributed by atoms with E-state index in [4.69, 9.17) is 11.6 Å². The second-order valence-electron chi connectivity index (χ2n) is 8.34. The SMILES string of the molecule is Cc1c(C(=O)Nc2ccc(CS(=O)[O-])cc2)cn(CCN2CCCC2)c1-c1ccccc1Cl. The molecule has 33 heavy (non-hydrogen) atoms. The molecule has 8 heteroatoms. The molecule has 1 aromatic heterocycles. The minimum atomic E-state index is -2.14. The second kappa shape index (κ2) is 10.7. The summed E-state index contributed by atoms with van der Waals surface area (Å²) in [5.74, 6) is -0.255. The lowest BCUT2D eigenvalue weighted by Gasteiger charge is -2.17. The quantitative estimate of drug-likeness (QED) is 0.464. The predicted molar refractivity (Wildman–Crippen MR) is 132 cm³/mol. The van der Waals surface area contributed by atoms with Gasteiger partial charge in [0.1, 0.15) is 0 Å². The maximum atomic E-state index is 13.2. The lowest BCUT2D eigenvalue weighted by Crippen LogP contribution is -2.24. The molecular weight excluding hydrogens is 458 g/mol. The van der Waals surface area contributed by atoms with E-state index in [1.54, 1.807) is 24.3 Å². The van der Waals surface area contributed by atoms with Crippen LogP contribution in [-0.4, -0.2) is 43.8 Å². The molecule has 2 aromatic carbocycles. The third-order valence-electron chi connectivity index (χ3n) is 6.06. The monoisotopic (exact) mass is 484 g/mol. The number of aromatic nitrogens is 1. The van der Waals surface area contributed by atoms with Crippen LogP contribution in [0, 0.1) is 6.92 Å². The van der Waals surface area contributed by atoms with Crippen LogP contribution in [-0.2, 0) is 23.4 Å². The third kappa shape index (κ3) is 5.73. The summed E-state index contributed by atoms with van der Waals surface area (Å²) in [4.78, 5) is 15.6. The van der Waals surface area contributed by atoms with Gasteiger partial charge in [-0.25, -0.2) is 0 Å². The number of nitrogens with one attached hydrogen (secondary N) is 1. The van der Waals surface area contributed by atoms with Gasteiger partial charge in [0.05, 0.1) is 11.3 Å². The van der Waals surface area contributed by atoms with Crippen LogP contribution >= 0.6 is 11.6 Å². The molecule has 6 nitrogen and oxygen atoms in total. The molecule has 1 amide bonds. The number of amides is 1. The number of nitrogens with zero attached hydrogens (tertiary/aromatic N) is 2. The van der Waals surface area contributed by atoms with Crippen molar-refractivity contribution in [2.24, 2.45) is 0 Å². The van der Waals surface area contributed by atoms with Crippen LogP contribution in [0.5, 0.6) is 0 Å². The van der Waals surface area contributed by atoms with Crippen LogP contribution in [0.15, 0.2) is 54.7 Å². The lowest BCUT2D eigenvalue weighted by molar-refractivity contribution is 0.102. The first kappa shape index (κ1) is 23.7. The summed E-state index contributed by atoms with van der Waals surface area (Å²) < 4.78 is 23.9. The van der Waals surface area contributed by atoms with Crippen molar-refractivity contribution in [2.45, 2.75) is 32.1 Å². The first-order valence-electron chi connectivity index (χ1n) is 11.1. The summed E-state index contributed by atoms with van der Waals surface area (Å²) in [6.07, 6.45) is 4.38. The molecule has 1 atom stereocenters. The van der Waals surface area contributed by atoms with E-state index in [2.05, 4.69) is 14.8 Å². The summed E-state index contributed by atoms with van der Waals surface area (Å²) in [5, 5.41) is 3.59. The number of anilines is 1. The molecule has 3 aromatic rings. The lowest BCUT2D eigenvalue weighted by atomic mass is 10.1. The predicted octanol–water partition coefficient (Wildman–Crippen LogP) is 4.84. The molecule has 4 rings (SSSR count). The van der Waals surface area contributed by atoms with Crippen LogP contribution in [0.1, 0.15) is 34.3 Å². The highest BCUT2D eigenvalue weighted by Gasteiger charge is 2.21. The van der Waals surface area contributed by atoms with E-state index in [1.807, 2.05) is 37.4 Å². The van der Waals surface area contributed by atoms with Gasteiger partial charge in [-0.3, -0.25) is 9.00 Å². The number of hydrogen-bond donors (Lipinski definition) is 1. The fourth-order valence-electron chi connectivity index (χ4n) is 4.35. The molecule has 1 unspecified atom stereocenters. The van der Waals surface area contributed by atoms with Crippen LogP contribution in [0.4, 0.5) is 5.69 Å². The van der Waals surface area contributed by atoms with Gasteiger partial charge in [-0.2, -0.15) is 0 Å². The van der Waals surface area contributed by atoms with Gasteiger partial charge in [0.15, 0.2) is 0 Å². The molecule has 0 spiro atoms. The highest BCUT2D eigenvalue weighted by Crippen LogP contribution is 2.33. The van der Waals surface area contributed by atoms with Crippen molar-refractivity contribution < 1.29 is 13.6 Å². The van der Waals surface area contributed by atoms with Crippen molar-refractivity contribution in [1.82, 2.24) is 9.47 Å². The zero-order chi connectivity index (χ0) is 23.4. The molecule has 0 bridgehead atoms. The highest BCUT2D eigenvalue weighted by molar-refractivity contribution is 7.78. The summed E-state index contributed by atoms with van der Waals surface area (Å²) >= 11 is 4.39. The van der Waals surface area contributed by atoms with Crippen molar-refractivity contribution in [3.05, 3.63) is 76.4 Å². The number of carbonyl (C=O) groups excluding carboxylic acids is 1. The normalized spacial score (nSPS) is 15.0. The zero-order valence-electron chi connectivity index (χ0n) is 18.6. The maximum absolute atomic E-state index is 13.2. The van der Waals surface area contributed by atoms with Gasteiger partial charge in [-0.05, 0) is 62.2 Å². The number of rotatable bonds is 8. The van der Waals surface area contributed by atoms with Gasteiger partial charge in [0.25, 0.3) is 5.91 Å². The Morgan fingerprint density at radius 1 is 1.09 bits per heavy atom. The zero-order valence-corrected chi connectivity index (χ0v) is 20.1. The Hall–Kier alpha value is -2.45. The molecule has 1 fully saturated rings. The highest BCUT2D eigenvalue weighted by atomic mass is 35.5. The second-order valence-corrected chi connectivity index (χ2v) is 9.64. The van der Waals surface area contributed by atoms with Crippen LogP contribution in [0.3, 0.4) is 0 Å². The Kier molecular flexibility index (Phi) is 7.65. The fourth-order valence-corrected chi connectivity index (χ4v) is 5.04. The van der Waals surface area contributed by atoms with Gasteiger partial charge in [-0.1, -0.05) is 53.0 Å². The number of halogens is 1. The summed E-state index contributed by atoms with van der Waals surface area (Å²) in [5.41, 5.74) is 4.62. The molecule has 1 aliphatic heterocycles. The number of hydrogen-bond acceptors (Lipinski definition) is 4. The molecule has 1 aliphatic rings. The van der Waals surface area contributed by atoms with E-state index in [0.717, 1.165) is 43.0 Å². The molecule has 0 saturated carbocycles. The third-order valence-corrected chi connectivity index (χ3v) is 6.96. The minimum absolute atomic E-state index is 0.0472. The molecule has 1 saturated heterocycles. The van der Waals surface area contributed by atoms with Crippen molar-refractivity contribution in [2.75, 3.05) is 25.0 Å². The van der Waals surface area contributed by atoms with E-state index < -0.39 is 11.1 Å².